The predicted molar refractivity (Wildman–Crippen MR) is 85.0 cm³/mol. The second kappa shape index (κ2) is 7.93. The molecule has 1 aromatic carbocycles. The van der Waals surface area contributed by atoms with Gasteiger partial charge >= 0.3 is 0 Å². The number of nitrogens with one attached hydrogen (secondary N) is 2. The summed E-state index contributed by atoms with van der Waals surface area (Å²) in [6, 6.07) is 8.01. The fourth-order valence-electron chi connectivity index (χ4n) is 2.26. The summed E-state index contributed by atoms with van der Waals surface area (Å²) < 4.78 is 0. The lowest BCUT2D eigenvalue weighted by Gasteiger charge is -2.09. The third-order valence-electron chi connectivity index (χ3n) is 3.69. The van der Waals surface area contributed by atoms with Gasteiger partial charge in [0.05, 0.1) is 0 Å². The van der Waals surface area contributed by atoms with Crippen LogP contribution in [-0.2, 0) is 4.79 Å². The van der Waals surface area contributed by atoms with Gasteiger partial charge in [0.25, 0.3) is 0 Å². The van der Waals surface area contributed by atoms with Gasteiger partial charge in [-0.1, -0.05) is 38.7 Å². The highest BCUT2D eigenvalue weighted by Crippen LogP contribution is 2.30. The van der Waals surface area contributed by atoms with Gasteiger partial charge in [-0.2, -0.15) is 0 Å². The molecule has 0 heterocycles. The highest BCUT2D eigenvalue weighted by atomic mass is 16.2. The van der Waals surface area contributed by atoms with Crippen LogP contribution in [0.4, 0.5) is 11.4 Å². The fraction of sp³-hybridized carbons (Fsp3) is 0.588. The highest BCUT2D eigenvalue weighted by Gasteiger charge is 2.29. The number of hydrogen-bond acceptors (Lipinski definition) is 2. The summed E-state index contributed by atoms with van der Waals surface area (Å²) in [4.78, 5) is 11.7. The first-order valence-electron chi connectivity index (χ1n) is 7.94. The number of carbonyl (C=O) groups is 1. The first-order valence-corrected chi connectivity index (χ1v) is 7.94. The van der Waals surface area contributed by atoms with E-state index >= 15 is 0 Å². The van der Waals surface area contributed by atoms with Gasteiger partial charge < -0.3 is 10.6 Å². The van der Waals surface area contributed by atoms with Crippen molar-refractivity contribution in [3.05, 3.63) is 24.3 Å². The van der Waals surface area contributed by atoms with Crippen LogP contribution in [0.1, 0.15) is 51.9 Å². The van der Waals surface area contributed by atoms with Crippen molar-refractivity contribution in [1.82, 2.24) is 0 Å². The molecule has 0 aliphatic heterocycles. The molecule has 0 radical (unpaired) electrons. The second-order valence-corrected chi connectivity index (χ2v) is 5.69. The average Bonchev–Trinajstić information content (AvgIpc) is 3.28. The van der Waals surface area contributed by atoms with Gasteiger partial charge in [0.1, 0.15) is 0 Å². The van der Waals surface area contributed by atoms with Crippen LogP contribution in [0.3, 0.4) is 0 Å². The number of rotatable bonds is 9. The molecule has 1 amide bonds. The summed E-state index contributed by atoms with van der Waals surface area (Å²) in [6.45, 7) is 3.24. The molecule has 1 saturated carbocycles. The van der Waals surface area contributed by atoms with Crippen molar-refractivity contribution in [3.8, 4) is 0 Å². The number of anilines is 2. The Hall–Kier alpha value is -1.51. The second-order valence-electron chi connectivity index (χ2n) is 5.69. The summed E-state index contributed by atoms with van der Waals surface area (Å²) in [5.41, 5.74) is 1.99. The molecule has 2 rings (SSSR count). The monoisotopic (exact) mass is 274 g/mol. The molecular weight excluding hydrogens is 248 g/mol. The lowest BCUT2D eigenvalue weighted by atomic mass is 10.1. The third kappa shape index (κ3) is 5.24. The Bertz CT molecular complexity index is 427. The van der Waals surface area contributed by atoms with Crippen LogP contribution in [0.2, 0.25) is 0 Å². The van der Waals surface area contributed by atoms with Crippen LogP contribution in [0, 0.1) is 5.92 Å². The van der Waals surface area contributed by atoms with Gasteiger partial charge in [-0.3, -0.25) is 4.79 Å². The van der Waals surface area contributed by atoms with Crippen molar-refractivity contribution in [3.63, 3.8) is 0 Å². The van der Waals surface area contributed by atoms with E-state index in [0.717, 1.165) is 30.8 Å². The van der Waals surface area contributed by atoms with Gasteiger partial charge in [0, 0.05) is 23.8 Å². The smallest absolute Gasteiger partial charge is 0.227 e. The molecule has 110 valence electrons. The minimum atomic E-state index is 0.168. The SMILES string of the molecule is CCCCCCCNc1cccc(NC(=O)C2CC2)c1. The van der Waals surface area contributed by atoms with E-state index in [1.54, 1.807) is 0 Å². The molecule has 0 saturated heterocycles. The van der Waals surface area contributed by atoms with Crippen LogP contribution in [-0.4, -0.2) is 12.5 Å². The molecule has 1 fully saturated rings. The van der Waals surface area contributed by atoms with Crippen LogP contribution in [0.5, 0.6) is 0 Å². The van der Waals surface area contributed by atoms with Crippen molar-refractivity contribution in [2.45, 2.75) is 51.9 Å². The molecule has 20 heavy (non-hydrogen) atoms. The maximum atomic E-state index is 11.7. The van der Waals surface area contributed by atoms with Crippen LogP contribution >= 0.6 is 0 Å². The fourth-order valence-corrected chi connectivity index (χ4v) is 2.26. The summed E-state index contributed by atoms with van der Waals surface area (Å²) in [6.07, 6.45) is 8.54. The minimum absolute atomic E-state index is 0.168. The first-order chi connectivity index (χ1) is 9.79. The van der Waals surface area contributed by atoms with E-state index in [9.17, 15) is 4.79 Å². The van der Waals surface area contributed by atoms with Gasteiger partial charge in [-0.25, -0.2) is 0 Å². The molecular formula is C17H26N2O. The average molecular weight is 274 g/mol. The molecule has 0 spiro atoms. The largest absolute Gasteiger partial charge is 0.385 e. The molecule has 0 atom stereocenters. The molecule has 0 unspecified atom stereocenters. The van der Waals surface area contributed by atoms with E-state index < -0.39 is 0 Å². The highest BCUT2D eigenvalue weighted by molar-refractivity contribution is 5.94. The molecule has 3 heteroatoms. The van der Waals surface area contributed by atoms with Crippen LogP contribution < -0.4 is 10.6 Å². The van der Waals surface area contributed by atoms with Crippen molar-refractivity contribution in [2.24, 2.45) is 5.92 Å². The maximum Gasteiger partial charge on any atom is 0.227 e. The Kier molecular flexibility index (Phi) is 5.90. The third-order valence-corrected chi connectivity index (χ3v) is 3.69. The molecule has 1 aromatic rings. The van der Waals surface area contributed by atoms with E-state index in [1.807, 2.05) is 18.2 Å². The summed E-state index contributed by atoms with van der Waals surface area (Å²) in [5, 5.41) is 6.41. The molecule has 1 aliphatic rings. The Balaban J connectivity index is 1.70. The Morgan fingerprint density at radius 3 is 2.65 bits per heavy atom. The number of unbranched alkanes of at least 4 members (excludes halogenated alkanes) is 4. The van der Waals surface area contributed by atoms with Gasteiger partial charge in [-0.05, 0) is 37.5 Å². The zero-order chi connectivity index (χ0) is 14.2. The summed E-state index contributed by atoms with van der Waals surface area (Å²) in [7, 11) is 0. The Morgan fingerprint density at radius 2 is 1.90 bits per heavy atom. The molecule has 0 aromatic heterocycles. The van der Waals surface area contributed by atoms with Crippen molar-refractivity contribution < 1.29 is 4.79 Å². The number of carbonyl (C=O) groups excluding carboxylic acids is 1. The zero-order valence-corrected chi connectivity index (χ0v) is 12.5. The molecule has 1 aliphatic carbocycles. The van der Waals surface area contributed by atoms with Crippen LogP contribution in [0.25, 0.3) is 0 Å². The van der Waals surface area contributed by atoms with E-state index in [0.29, 0.717) is 0 Å². The quantitative estimate of drug-likeness (QED) is 0.655. The predicted octanol–water partition coefficient (Wildman–Crippen LogP) is 4.42. The van der Waals surface area contributed by atoms with E-state index in [-0.39, 0.29) is 11.8 Å². The number of hydrogen-bond donors (Lipinski definition) is 2. The maximum absolute atomic E-state index is 11.7. The van der Waals surface area contributed by atoms with E-state index in [1.165, 1.54) is 32.1 Å². The standard InChI is InChI=1S/C17H26N2O/c1-2-3-4-5-6-12-18-15-8-7-9-16(13-15)19-17(20)14-10-11-14/h7-9,13-14,18H,2-6,10-12H2,1H3,(H,19,20). The van der Waals surface area contributed by atoms with E-state index in [4.69, 9.17) is 0 Å². The lowest BCUT2D eigenvalue weighted by molar-refractivity contribution is -0.117. The number of amides is 1. The van der Waals surface area contributed by atoms with Gasteiger partial charge in [0.15, 0.2) is 0 Å². The lowest BCUT2D eigenvalue weighted by Crippen LogP contribution is -2.13. The molecule has 0 bridgehead atoms. The normalized spacial score (nSPS) is 14.1. The minimum Gasteiger partial charge on any atom is -0.385 e. The first kappa shape index (κ1) is 14.9. The summed E-state index contributed by atoms with van der Waals surface area (Å²) in [5.74, 6) is 0.423. The van der Waals surface area contributed by atoms with Crippen molar-refractivity contribution in [2.75, 3.05) is 17.2 Å². The van der Waals surface area contributed by atoms with E-state index in [2.05, 4.69) is 23.6 Å². The topological polar surface area (TPSA) is 41.1 Å². The zero-order valence-electron chi connectivity index (χ0n) is 12.5. The Morgan fingerprint density at radius 1 is 1.15 bits per heavy atom. The van der Waals surface area contributed by atoms with Crippen LogP contribution in [0.15, 0.2) is 24.3 Å². The van der Waals surface area contributed by atoms with Gasteiger partial charge in [-0.15, -0.1) is 0 Å². The summed E-state index contributed by atoms with van der Waals surface area (Å²) >= 11 is 0. The van der Waals surface area contributed by atoms with Gasteiger partial charge in [0.2, 0.25) is 5.91 Å². The van der Waals surface area contributed by atoms with Crippen molar-refractivity contribution in [1.29, 1.82) is 0 Å². The van der Waals surface area contributed by atoms with Crippen molar-refractivity contribution >= 4 is 17.3 Å². The number of benzene rings is 1. The molecule has 2 N–H and O–H groups in total. The Labute approximate surface area is 122 Å². The molecule has 3 nitrogen and oxygen atoms in total.